The molecule has 0 aliphatic carbocycles. The van der Waals surface area contributed by atoms with Crippen molar-refractivity contribution in [3.05, 3.63) is 249 Å². The molecular weight excluding hydrogens is 875 g/mol. The van der Waals surface area contributed by atoms with E-state index in [1.807, 2.05) is 6.07 Å². The Kier molecular flexibility index (Phi) is 8.14. The van der Waals surface area contributed by atoms with Crippen LogP contribution in [0.1, 0.15) is 0 Å². The average Bonchev–Trinajstić information content (AvgIpc) is 4.17. The van der Waals surface area contributed by atoms with E-state index in [1.54, 1.807) is 0 Å². The first-order valence-electron chi connectivity index (χ1n) is 24.7. The van der Waals surface area contributed by atoms with Gasteiger partial charge in [-0.05, 0) is 165 Å². The van der Waals surface area contributed by atoms with Gasteiger partial charge in [0.25, 0.3) is 0 Å². The molecule has 0 fully saturated rings. The Morgan fingerprint density at radius 3 is 1.03 bits per heavy atom. The first kappa shape index (κ1) is 39.2. The van der Waals surface area contributed by atoms with E-state index in [0.29, 0.717) is 0 Å². The van der Waals surface area contributed by atoms with Gasteiger partial charge in [-0.1, -0.05) is 127 Å². The number of nitrogens with zero attached hydrogens (tertiary/aromatic N) is 3. The van der Waals surface area contributed by atoms with Gasteiger partial charge in [-0.3, -0.25) is 0 Å². The van der Waals surface area contributed by atoms with Crippen LogP contribution in [0.5, 0.6) is 0 Å². The molecular formula is C68H41N3O. The molecule has 0 N–H and O–H groups in total. The first-order chi connectivity index (χ1) is 35.7. The van der Waals surface area contributed by atoms with Gasteiger partial charge in [0.05, 0.1) is 33.1 Å². The number of hydrogen-bond acceptors (Lipinski definition) is 1. The summed E-state index contributed by atoms with van der Waals surface area (Å²) in [6.07, 6.45) is 0. The molecule has 0 saturated heterocycles. The summed E-state index contributed by atoms with van der Waals surface area (Å²) in [6, 6.07) is 91.4. The standard InChI is InChI=1S/C68H41N3O/c1-3-17-50(18-4-1)69-61-28-23-48(37-56(61)58-33-42-13-7-9-15-44(42)39-65(58)69)46-25-30-63-54(35-46)55-36-47(26-31-64(55)71(63)52-27-32-68-60(41-52)53-21-11-12-22-67(53)72-68)49-24-29-62-57(38-49)59-34-43-14-8-10-16-45(43)40-66(59)70(62)51-19-5-2-6-20-51/h1-41H. The highest BCUT2D eigenvalue weighted by Crippen LogP contribution is 2.43. The molecule has 0 saturated carbocycles. The molecule has 4 aromatic heterocycles. The van der Waals surface area contributed by atoms with Gasteiger partial charge in [0.2, 0.25) is 0 Å². The fraction of sp³-hybridized carbons (Fsp3) is 0. The van der Waals surface area contributed by atoms with Crippen molar-refractivity contribution >= 4 is 109 Å². The molecule has 0 atom stereocenters. The summed E-state index contributed by atoms with van der Waals surface area (Å²) in [7, 11) is 0. The molecule has 12 aromatic carbocycles. The third-order valence-corrected chi connectivity index (χ3v) is 15.3. The minimum Gasteiger partial charge on any atom is -0.456 e. The number of para-hydroxylation sites is 3. The Hall–Kier alpha value is -9.64. The summed E-state index contributed by atoms with van der Waals surface area (Å²) < 4.78 is 13.6. The molecule has 0 aliphatic rings. The molecule has 4 heterocycles. The van der Waals surface area contributed by atoms with Crippen molar-refractivity contribution in [3.63, 3.8) is 0 Å². The van der Waals surface area contributed by atoms with Crippen molar-refractivity contribution in [2.24, 2.45) is 0 Å². The third-order valence-electron chi connectivity index (χ3n) is 15.3. The number of aromatic nitrogens is 3. The Morgan fingerprint density at radius 1 is 0.208 bits per heavy atom. The van der Waals surface area contributed by atoms with Crippen molar-refractivity contribution in [2.45, 2.75) is 0 Å². The molecule has 0 unspecified atom stereocenters. The maximum atomic E-state index is 6.33. The smallest absolute Gasteiger partial charge is 0.135 e. The van der Waals surface area contributed by atoms with Crippen LogP contribution >= 0.6 is 0 Å². The van der Waals surface area contributed by atoms with Gasteiger partial charge in [-0.25, -0.2) is 0 Å². The summed E-state index contributed by atoms with van der Waals surface area (Å²) in [4.78, 5) is 0. The second-order valence-corrected chi connectivity index (χ2v) is 19.3. The maximum Gasteiger partial charge on any atom is 0.135 e. The summed E-state index contributed by atoms with van der Waals surface area (Å²) in [5, 5.41) is 14.5. The lowest BCUT2D eigenvalue weighted by Crippen LogP contribution is -1.94. The monoisotopic (exact) mass is 915 g/mol. The maximum absolute atomic E-state index is 6.33. The molecule has 16 rings (SSSR count). The Morgan fingerprint density at radius 2 is 0.569 bits per heavy atom. The predicted octanol–water partition coefficient (Wildman–Crippen LogP) is 18.5. The van der Waals surface area contributed by atoms with E-state index in [1.165, 1.54) is 98.2 Å². The van der Waals surface area contributed by atoms with Crippen LogP contribution in [0.3, 0.4) is 0 Å². The fourth-order valence-electron chi connectivity index (χ4n) is 12.0. The van der Waals surface area contributed by atoms with Gasteiger partial charge < -0.3 is 18.1 Å². The van der Waals surface area contributed by atoms with Gasteiger partial charge >= 0.3 is 0 Å². The lowest BCUT2D eigenvalue weighted by molar-refractivity contribution is 0.669. The normalized spacial score (nSPS) is 12.2. The van der Waals surface area contributed by atoms with Crippen LogP contribution < -0.4 is 0 Å². The summed E-state index contributed by atoms with van der Waals surface area (Å²) >= 11 is 0. The van der Waals surface area contributed by atoms with Crippen LogP contribution in [-0.4, -0.2) is 13.7 Å². The highest BCUT2D eigenvalue weighted by molar-refractivity contribution is 6.17. The van der Waals surface area contributed by atoms with E-state index in [0.717, 1.165) is 50.0 Å². The van der Waals surface area contributed by atoms with Gasteiger partial charge in [0.15, 0.2) is 0 Å². The second kappa shape index (κ2) is 14.9. The van der Waals surface area contributed by atoms with Crippen LogP contribution in [-0.2, 0) is 0 Å². The van der Waals surface area contributed by atoms with Crippen molar-refractivity contribution < 1.29 is 4.42 Å². The van der Waals surface area contributed by atoms with Gasteiger partial charge in [0, 0.05) is 60.2 Å². The van der Waals surface area contributed by atoms with Crippen LogP contribution in [0, 0.1) is 0 Å². The quantitative estimate of drug-likeness (QED) is 0.169. The van der Waals surface area contributed by atoms with Crippen molar-refractivity contribution in [2.75, 3.05) is 0 Å². The van der Waals surface area contributed by atoms with Crippen molar-refractivity contribution in [1.82, 2.24) is 13.7 Å². The number of furan rings is 1. The SMILES string of the molecule is c1ccc(-n2c3ccc(-c4ccc5c(c4)c4cc(-c6ccc7c(c6)c6cc8ccccc8cc6n7-c6ccccc6)ccc4n5-c4ccc5oc6ccccc6c5c4)cc3c3cc4ccccc4cc32)cc1. The zero-order chi connectivity index (χ0) is 47.0. The number of hydrogen-bond donors (Lipinski definition) is 0. The van der Waals surface area contributed by atoms with Gasteiger partial charge in [-0.2, -0.15) is 0 Å². The lowest BCUT2D eigenvalue weighted by atomic mass is 9.98. The Labute approximate surface area is 413 Å². The average molecular weight is 916 g/mol. The van der Waals surface area contributed by atoms with Crippen LogP contribution in [0.15, 0.2) is 253 Å². The molecule has 16 aromatic rings. The van der Waals surface area contributed by atoms with E-state index in [9.17, 15) is 0 Å². The highest BCUT2D eigenvalue weighted by Gasteiger charge is 2.20. The van der Waals surface area contributed by atoms with Gasteiger partial charge in [-0.15, -0.1) is 0 Å². The predicted molar refractivity (Wildman–Crippen MR) is 303 cm³/mol. The number of rotatable bonds is 5. The molecule has 0 aliphatic heterocycles. The molecule has 4 heteroatoms. The first-order valence-corrected chi connectivity index (χ1v) is 24.7. The molecule has 0 amide bonds. The fourth-order valence-corrected chi connectivity index (χ4v) is 12.0. The Bertz CT molecular complexity index is 4660. The largest absolute Gasteiger partial charge is 0.456 e. The molecule has 0 radical (unpaired) electrons. The lowest BCUT2D eigenvalue weighted by Gasteiger charge is -2.10. The Balaban J connectivity index is 0.920. The molecule has 0 bridgehead atoms. The zero-order valence-corrected chi connectivity index (χ0v) is 38.9. The highest BCUT2D eigenvalue weighted by atomic mass is 16.3. The van der Waals surface area contributed by atoms with E-state index in [-0.39, 0.29) is 0 Å². The molecule has 0 spiro atoms. The summed E-state index contributed by atoms with van der Waals surface area (Å²) in [6.45, 7) is 0. The van der Waals surface area contributed by atoms with Gasteiger partial charge in [0.1, 0.15) is 11.2 Å². The van der Waals surface area contributed by atoms with Crippen molar-refractivity contribution in [1.29, 1.82) is 0 Å². The molecule has 72 heavy (non-hydrogen) atoms. The van der Waals surface area contributed by atoms with E-state index in [4.69, 9.17) is 4.42 Å². The minimum atomic E-state index is 0.888. The van der Waals surface area contributed by atoms with Crippen LogP contribution in [0.25, 0.3) is 148 Å². The summed E-state index contributed by atoms with van der Waals surface area (Å²) in [5.74, 6) is 0. The second-order valence-electron chi connectivity index (χ2n) is 19.3. The minimum absolute atomic E-state index is 0.888. The van der Waals surface area contributed by atoms with E-state index in [2.05, 4.69) is 256 Å². The number of fused-ring (bicyclic) bond motifs is 14. The molecule has 334 valence electrons. The van der Waals surface area contributed by atoms with Crippen LogP contribution in [0.2, 0.25) is 0 Å². The molecule has 4 nitrogen and oxygen atoms in total. The van der Waals surface area contributed by atoms with Crippen LogP contribution in [0.4, 0.5) is 0 Å². The third kappa shape index (κ3) is 5.75. The van der Waals surface area contributed by atoms with Crippen molar-refractivity contribution in [3.8, 4) is 39.3 Å². The summed E-state index contributed by atoms with van der Waals surface area (Å²) in [5.41, 5.74) is 17.0. The van der Waals surface area contributed by atoms with E-state index >= 15 is 0 Å². The number of benzene rings is 12. The van der Waals surface area contributed by atoms with E-state index < -0.39 is 0 Å². The zero-order valence-electron chi connectivity index (χ0n) is 38.9. The topological polar surface area (TPSA) is 27.9 Å².